The molecule has 1 amide bonds. The molecule has 144 valence electrons. The Morgan fingerprint density at radius 2 is 1.69 bits per heavy atom. The number of nitrogens with one attached hydrogen (secondary N) is 1. The van der Waals surface area contributed by atoms with Gasteiger partial charge in [0.25, 0.3) is 0 Å². The monoisotopic (exact) mass is 382 g/mol. The van der Waals surface area contributed by atoms with Gasteiger partial charge in [-0.3, -0.25) is 9.59 Å². The van der Waals surface area contributed by atoms with Crippen LogP contribution in [0, 0.1) is 5.41 Å². The molecule has 26 heavy (non-hydrogen) atoms. The zero-order chi connectivity index (χ0) is 19.2. The summed E-state index contributed by atoms with van der Waals surface area (Å²) < 4.78 is 22.4. The number of hydrogen-bond donors (Lipinski definition) is 3. The van der Waals surface area contributed by atoms with Crippen molar-refractivity contribution < 1.29 is 23.1 Å². The third kappa shape index (κ3) is 6.10. The molecule has 1 fully saturated rings. The summed E-state index contributed by atoms with van der Waals surface area (Å²) in [5, 5.41) is 17.1. The molecule has 1 saturated carbocycles. The Morgan fingerprint density at radius 1 is 1.08 bits per heavy atom. The van der Waals surface area contributed by atoms with Gasteiger partial charge >= 0.3 is 5.97 Å². The quantitative estimate of drug-likeness (QED) is 0.632. The number of nitrogens with two attached hydrogens (primary N) is 1. The maximum absolute atomic E-state index is 12.3. The van der Waals surface area contributed by atoms with Gasteiger partial charge in [0, 0.05) is 13.0 Å². The third-order valence-corrected chi connectivity index (χ3v) is 5.89. The summed E-state index contributed by atoms with van der Waals surface area (Å²) >= 11 is 0. The molecule has 0 saturated heterocycles. The summed E-state index contributed by atoms with van der Waals surface area (Å²) in [6.07, 6.45) is 5.43. The number of amides is 1. The summed E-state index contributed by atoms with van der Waals surface area (Å²) in [6, 6.07) is 6.21. The molecule has 8 heteroatoms. The number of benzene rings is 1. The summed E-state index contributed by atoms with van der Waals surface area (Å²) in [5.41, 5.74) is 0.460. The van der Waals surface area contributed by atoms with Crippen LogP contribution in [0.5, 0.6) is 0 Å². The number of carboxylic acid groups (broad SMARTS) is 1. The molecule has 0 atom stereocenters. The Bertz CT molecular complexity index is 737. The number of carbonyl (C=O) groups excluding carboxylic acids is 1. The largest absolute Gasteiger partial charge is 0.481 e. The Hall–Kier alpha value is -1.93. The van der Waals surface area contributed by atoms with E-state index >= 15 is 0 Å². The molecule has 0 aromatic heterocycles. The molecule has 0 aliphatic heterocycles. The lowest BCUT2D eigenvalue weighted by Crippen LogP contribution is -2.35. The van der Waals surface area contributed by atoms with Crippen LogP contribution in [0.15, 0.2) is 29.2 Å². The number of rotatable bonds is 8. The molecule has 0 spiro atoms. The van der Waals surface area contributed by atoms with Crippen LogP contribution in [0.4, 0.5) is 0 Å². The highest BCUT2D eigenvalue weighted by atomic mass is 32.2. The van der Waals surface area contributed by atoms with Crippen molar-refractivity contribution in [3.63, 3.8) is 0 Å². The first-order valence-corrected chi connectivity index (χ1v) is 10.4. The highest BCUT2D eigenvalue weighted by molar-refractivity contribution is 7.89. The smallest absolute Gasteiger partial charge is 0.303 e. The van der Waals surface area contributed by atoms with Crippen molar-refractivity contribution in [1.82, 2.24) is 5.32 Å². The zero-order valence-electron chi connectivity index (χ0n) is 14.7. The van der Waals surface area contributed by atoms with Crippen LogP contribution in [0.1, 0.15) is 50.5 Å². The number of carboxylic acids is 1. The van der Waals surface area contributed by atoms with Crippen LogP contribution in [0.2, 0.25) is 0 Å². The highest BCUT2D eigenvalue weighted by Gasteiger charge is 2.36. The van der Waals surface area contributed by atoms with Gasteiger partial charge in [-0.2, -0.15) is 0 Å². The minimum Gasteiger partial charge on any atom is -0.481 e. The SMILES string of the molecule is NS(=O)(=O)c1ccc(CCNC(=O)CC2(CC(=O)O)CCCCC2)cc1. The second-order valence-corrected chi connectivity index (χ2v) is 8.66. The van der Waals surface area contributed by atoms with Crippen LogP contribution in [0.25, 0.3) is 0 Å². The Kier molecular flexibility index (Phi) is 6.77. The normalized spacial score (nSPS) is 16.8. The molecule has 1 aromatic carbocycles. The van der Waals surface area contributed by atoms with E-state index in [2.05, 4.69) is 5.32 Å². The molecule has 0 heterocycles. The standard InChI is InChI=1S/C18H26N2O5S/c19-26(24,25)15-6-4-14(5-7-15)8-11-20-16(21)12-18(13-17(22)23)9-2-1-3-10-18/h4-7H,1-3,8-13H2,(H,20,21)(H,22,23)(H2,19,24,25). The molecule has 0 unspecified atom stereocenters. The van der Waals surface area contributed by atoms with E-state index in [9.17, 15) is 18.0 Å². The van der Waals surface area contributed by atoms with Gasteiger partial charge in [-0.1, -0.05) is 31.4 Å². The topological polar surface area (TPSA) is 127 Å². The summed E-state index contributed by atoms with van der Waals surface area (Å²) in [7, 11) is -3.70. The predicted octanol–water partition coefficient (Wildman–Crippen LogP) is 1.81. The molecule has 0 radical (unpaired) electrons. The fraction of sp³-hybridized carbons (Fsp3) is 0.556. The van der Waals surface area contributed by atoms with Crippen molar-refractivity contribution in [1.29, 1.82) is 0 Å². The highest BCUT2D eigenvalue weighted by Crippen LogP contribution is 2.42. The summed E-state index contributed by atoms with van der Waals surface area (Å²) in [5.74, 6) is -0.982. The van der Waals surface area contributed by atoms with E-state index in [0.29, 0.717) is 13.0 Å². The van der Waals surface area contributed by atoms with Crippen LogP contribution in [0.3, 0.4) is 0 Å². The molecule has 1 aliphatic rings. The lowest BCUT2D eigenvalue weighted by molar-refractivity contribution is -0.141. The zero-order valence-corrected chi connectivity index (χ0v) is 15.6. The van der Waals surface area contributed by atoms with Crippen molar-refractivity contribution in [3.8, 4) is 0 Å². The summed E-state index contributed by atoms with van der Waals surface area (Å²) in [6.45, 7) is 0.413. The number of carbonyl (C=O) groups is 2. The average molecular weight is 382 g/mol. The van der Waals surface area contributed by atoms with Crippen LogP contribution in [-0.2, 0) is 26.0 Å². The van der Waals surface area contributed by atoms with Gasteiger partial charge < -0.3 is 10.4 Å². The first-order valence-electron chi connectivity index (χ1n) is 8.80. The molecule has 1 aliphatic carbocycles. The molecular weight excluding hydrogens is 356 g/mol. The van der Waals surface area contributed by atoms with Gasteiger partial charge in [0.05, 0.1) is 11.3 Å². The second kappa shape index (κ2) is 8.64. The van der Waals surface area contributed by atoms with E-state index in [-0.39, 0.29) is 23.6 Å². The van der Waals surface area contributed by atoms with Gasteiger partial charge in [0.1, 0.15) is 0 Å². The molecule has 4 N–H and O–H groups in total. The molecule has 7 nitrogen and oxygen atoms in total. The Balaban J connectivity index is 1.85. The van der Waals surface area contributed by atoms with Crippen LogP contribution >= 0.6 is 0 Å². The van der Waals surface area contributed by atoms with E-state index in [1.165, 1.54) is 12.1 Å². The minimum atomic E-state index is -3.70. The van der Waals surface area contributed by atoms with Crippen molar-refractivity contribution in [2.24, 2.45) is 10.6 Å². The van der Waals surface area contributed by atoms with Gasteiger partial charge in [-0.15, -0.1) is 0 Å². The number of hydrogen-bond acceptors (Lipinski definition) is 4. The first kappa shape index (κ1) is 20.4. The predicted molar refractivity (Wildman–Crippen MR) is 96.9 cm³/mol. The number of aliphatic carboxylic acids is 1. The van der Waals surface area contributed by atoms with Crippen molar-refractivity contribution in [3.05, 3.63) is 29.8 Å². The van der Waals surface area contributed by atoms with Gasteiger partial charge in [-0.25, -0.2) is 13.6 Å². The van der Waals surface area contributed by atoms with Gasteiger partial charge in [0.15, 0.2) is 0 Å². The Morgan fingerprint density at radius 3 is 2.23 bits per heavy atom. The maximum Gasteiger partial charge on any atom is 0.303 e. The van der Waals surface area contributed by atoms with Crippen molar-refractivity contribution in [2.45, 2.75) is 56.3 Å². The average Bonchev–Trinajstić information content (AvgIpc) is 2.54. The fourth-order valence-electron chi connectivity index (χ4n) is 3.63. The van der Waals surface area contributed by atoms with Gasteiger partial charge in [0.2, 0.25) is 15.9 Å². The van der Waals surface area contributed by atoms with Crippen molar-refractivity contribution >= 4 is 21.9 Å². The molecule has 1 aromatic rings. The van der Waals surface area contributed by atoms with Gasteiger partial charge in [-0.05, 0) is 42.4 Å². The number of primary sulfonamides is 1. The molecule has 2 rings (SSSR count). The minimum absolute atomic E-state index is 0.0371. The lowest BCUT2D eigenvalue weighted by Gasteiger charge is -2.35. The summed E-state index contributed by atoms with van der Waals surface area (Å²) in [4.78, 5) is 23.5. The van der Waals surface area contributed by atoms with E-state index in [0.717, 1.165) is 37.7 Å². The third-order valence-electron chi connectivity index (χ3n) is 4.96. The molecule has 0 bridgehead atoms. The maximum atomic E-state index is 12.3. The van der Waals surface area contributed by atoms with Crippen LogP contribution in [-0.4, -0.2) is 31.9 Å². The van der Waals surface area contributed by atoms with Crippen LogP contribution < -0.4 is 10.5 Å². The Labute approximate surface area is 154 Å². The molecular formula is C18H26N2O5S. The lowest BCUT2D eigenvalue weighted by atomic mass is 9.69. The van der Waals surface area contributed by atoms with E-state index in [4.69, 9.17) is 10.2 Å². The van der Waals surface area contributed by atoms with E-state index in [1.807, 2.05) is 0 Å². The first-order chi connectivity index (χ1) is 12.2. The van der Waals surface area contributed by atoms with E-state index < -0.39 is 21.4 Å². The fourth-order valence-corrected chi connectivity index (χ4v) is 4.15. The number of sulfonamides is 1. The second-order valence-electron chi connectivity index (χ2n) is 7.10. The van der Waals surface area contributed by atoms with Crippen molar-refractivity contribution in [2.75, 3.05) is 6.54 Å². The van der Waals surface area contributed by atoms with E-state index in [1.54, 1.807) is 12.1 Å².